The molecule has 0 aliphatic rings. The lowest BCUT2D eigenvalue weighted by Crippen LogP contribution is -2.07. The number of halogens is 1. The number of aryl methyl sites for hydroxylation is 1. The van der Waals surface area contributed by atoms with Crippen molar-refractivity contribution in [2.45, 2.75) is 13.5 Å². The second kappa shape index (κ2) is 6.40. The Balaban J connectivity index is 1.78. The number of pyridine rings is 2. The van der Waals surface area contributed by atoms with Crippen molar-refractivity contribution in [2.75, 3.05) is 11.1 Å². The van der Waals surface area contributed by atoms with Gasteiger partial charge in [-0.3, -0.25) is 4.98 Å². The fourth-order valence-corrected chi connectivity index (χ4v) is 2.83. The second-order valence-corrected chi connectivity index (χ2v) is 5.80. The summed E-state index contributed by atoms with van der Waals surface area (Å²) in [6, 6.07) is 6.59. The number of aromatic amines is 1. The maximum atomic E-state index is 13.9. The van der Waals surface area contributed by atoms with Crippen LogP contribution in [0, 0.1) is 12.7 Å². The molecule has 0 aliphatic carbocycles. The van der Waals surface area contributed by atoms with Gasteiger partial charge in [0, 0.05) is 24.2 Å². The third-order valence-electron chi connectivity index (χ3n) is 3.99. The summed E-state index contributed by atoms with van der Waals surface area (Å²) in [5.74, 6) is 1.27. The van der Waals surface area contributed by atoms with Gasteiger partial charge < -0.3 is 16.0 Å². The van der Waals surface area contributed by atoms with Crippen molar-refractivity contribution in [3.63, 3.8) is 0 Å². The first-order valence-corrected chi connectivity index (χ1v) is 8.02. The number of rotatable bonds is 4. The number of hydrogen-bond donors (Lipinski definition) is 3. The van der Waals surface area contributed by atoms with Crippen molar-refractivity contribution in [2.24, 2.45) is 0 Å². The largest absolute Gasteiger partial charge is 0.384 e. The zero-order chi connectivity index (χ0) is 18.1. The van der Waals surface area contributed by atoms with Crippen LogP contribution < -0.4 is 11.1 Å². The molecule has 26 heavy (non-hydrogen) atoms. The van der Waals surface area contributed by atoms with Crippen LogP contribution >= 0.6 is 0 Å². The number of aromatic nitrogens is 5. The van der Waals surface area contributed by atoms with Crippen LogP contribution in [0.4, 0.5) is 16.0 Å². The number of hydrogen-bond acceptors (Lipinski definition) is 6. The SMILES string of the molecule is Cc1nc(NCc2ncccc2F)c2c(-c3ccnc(N)c3)c[nH]c2n1. The molecule has 130 valence electrons. The minimum atomic E-state index is -0.363. The second-order valence-electron chi connectivity index (χ2n) is 5.80. The number of nitrogens with one attached hydrogen (secondary N) is 2. The first kappa shape index (κ1) is 15.9. The van der Waals surface area contributed by atoms with Crippen molar-refractivity contribution < 1.29 is 4.39 Å². The van der Waals surface area contributed by atoms with Gasteiger partial charge >= 0.3 is 0 Å². The molecule has 4 heterocycles. The quantitative estimate of drug-likeness (QED) is 0.523. The third kappa shape index (κ3) is 2.92. The highest BCUT2D eigenvalue weighted by Gasteiger charge is 2.15. The van der Waals surface area contributed by atoms with E-state index in [0.29, 0.717) is 28.8 Å². The number of fused-ring (bicyclic) bond motifs is 1. The van der Waals surface area contributed by atoms with Crippen molar-refractivity contribution in [1.82, 2.24) is 24.9 Å². The maximum absolute atomic E-state index is 13.9. The normalized spacial score (nSPS) is 11.0. The molecule has 0 aromatic carbocycles. The summed E-state index contributed by atoms with van der Waals surface area (Å²) in [5.41, 5.74) is 8.59. The lowest BCUT2D eigenvalue weighted by Gasteiger charge is -2.10. The lowest BCUT2D eigenvalue weighted by atomic mass is 10.1. The van der Waals surface area contributed by atoms with Crippen molar-refractivity contribution in [1.29, 1.82) is 0 Å². The molecule has 0 amide bonds. The minimum Gasteiger partial charge on any atom is -0.384 e. The standard InChI is InChI=1S/C18H16FN7/c1-10-25-17-16(12(8-23-17)11-4-6-22-15(20)7-11)18(26-10)24-9-14-13(19)3-2-5-21-14/h2-8H,9H2,1H3,(H2,20,22)(H2,23,24,25,26). The molecule has 0 fully saturated rings. The molecular weight excluding hydrogens is 333 g/mol. The Bertz CT molecular complexity index is 1090. The van der Waals surface area contributed by atoms with Gasteiger partial charge in [-0.2, -0.15) is 0 Å². The zero-order valence-electron chi connectivity index (χ0n) is 14.0. The molecule has 0 aliphatic heterocycles. The molecule has 0 spiro atoms. The summed E-state index contributed by atoms with van der Waals surface area (Å²) in [6.45, 7) is 2.01. The highest BCUT2D eigenvalue weighted by atomic mass is 19.1. The van der Waals surface area contributed by atoms with E-state index >= 15 is 0 Å². The summed E-state index contributed by atoms with van der Waals surface area (Å²) in [6.07, 6.45) is 5.05. The maximum Gasteiger partial charge on any atom is 0.146 e. The molecule has 0 atom stereocenters. The molecule has 4 N–H and O–H groups in total. The Kier molecular flexibility index (Phi) is 3.92. The average Bonchev–Trinajstić information content (AvgIpc) is 3.04. The van der Waals surface area contributed by atoms with Gasteiger partial charge in [-0.05, 0) is 36.8 Å². The molecule has 0 saturated heterocycles. The van der Waals surface area contributed by atoms with E-state index in [4.69, 9.17) is 5.73 Å². The summed E-state index contributed by atoms with van der Waals surface area (Å²) >= 11 is 0. The van der Waals surface area contributed by atoms with E-state index in [0.717, 1.165) is 16.5 Å². The van der Waals surface area contributed by atoms with Crippen molar-refractivity contribution >= 4 is 22.7 Å². The van der Waals surface area contributed by atoms with E-state index in [2.05, 4.69) is 30.2 Å². The fourth-order valence-electron chi connectivity index (χ4n) is 2.83. The number of anilines is 2. The first-order valence-electron chi connectivity index (χ1n) is 8.02. The molecule has 8 heteroatoms. The Morgan fingerprint density at radius 2 is 2.08 bits per heavy atom. The van der Waals surface area contributed by atoms with E-state index in [1.54, 1.807) is 31.5 Å². The number of nitrogens with two attached hydrogens (primary N) is 1. The Hall–Kier alpha value is -3.55. The van der Waals surface area contributed by atoms with E-state index in [9.17, 15) is 4.39 Å². The van der Waals surface area contributed by atoms with Gasteiger partial charge in [-0.1, -0.05) is 0 Å². The van der Waals surface area contributed by atoms with Crippen LogP contribution in [0.5, 0.6) is 0 Å². The fraction of sp³-hybridized carbons (Fsp3) is 0.111. The molecule has 4 aromatic rings. The van der Waals surface area contributed by atoms with Crippen LogP contribution in [-0.4, -0.2) is 24.9 Å². The van der Waals surface area contributed by atoms with Gasteiger partial charge in [-0.15, -0.1) is 0 Å². The summed E-state index contributed by atoms with van der Waals surface area (Å²) in [7, 11) is 0. The molecule has 0 unspecified atom stereocenters. The highest BCUT2D eigenvalue weighted by molar-refractivity contribution is 6.01. The van der Waals surface area contributed by atoms with E-state index in [-0.39, 0.29) is 12.4 Å². The minimum absolute atomic E-state index is 0.210. The molecule has 7 nitrogen and oxygen atoms in total. The highest BCUT2D eigenvalue weighted by Crippen LogP contribution is 2.33. The van der Waals surface area contributed by atoms with Gasteiger partial charge in [0.25, 0.3) is 0 Å². The monoisotopic (exact) mass is 349 g/mol. The molecule has 4 rings (SSSR count). The van der Waals surface area contributed by atoms with Crippen molar-refractivity contribution in [3.05, 3.63) is 60.2 Å². The molecule has 4 aromatic heterocycles. The van der Waals surface area contributed by atoms with Crippen LogP contribution in [0.15, 0.2) is 42.9 Å². The van der Waals surface area contributed by atoms with E-state index in [1.165, 1.54) is 6.07 Å². The first-order chi connectivity index (χ1) is 12.6. The van der Waals surface area contributed by atoms with Gasteiger partial charge in [0.05, 0.1) is 17.6 Å². The van der Waals surface area contributed by atoms with Gasteiger partial charge in [0.15, 0.2) is 0 Å². The van der Waals surface area contributed by atoms with E-state index < -0.39 is 0 Å². The van der Waals surface area contributed by atoms with Gasteiger partial charge in [-0.25, -0.2) is 19.3 Å². The van der Waals surface area contributed by atoms with E-state index in [1.807, 2.05) is 12.3 Å². The van der Waals surface area contributed by atoms with Crippen LogP contribution in [0.2, 0.25) is 0 Å². The number of nitrogen functional groups attached to an aromatic ring is 1. The lowest BCUT2D eigenvalue weighted by molar-refractivity contribution is 0.602. The predicted molar refractivity (Wildman–Crippen MR) is 97.8 cm³/mol. The molecule has 0 saturated carbocycles. The summed E-state index contributed by atoms with van der Waals surface area (Å²) in [4.78, 5) is 20.2. The number of H-pyrrole nitrogens is 1. The Morgan fingerprint density at radius 3 is 2.88 bits per heavy atom. The van der Waals surface area contributed by atoms with Crippen LogP contribution in [-0.2, 0) is 6.54 Å². The predicted octanol–water partition coefficient (Wildman–Crippen LogP) is 3.06. The summed E-state index contributed by atoms with van der Waals surface area (Å²) in [5, 5.41) is 3.98. The van der Waals surface area contributed by atoms with Crippen LogP contribution in [0.3, 0.4) is 0 Å². The average molecular weight is 349 g/mol. The Morgan fingerprint density at radius 1 is 1.19 bits per heavy atom. The van der Waals surface area contributed by atoms with Crippen LogP contribution in [0.1, 0.15) is 11.5 Å². The molecular formula is C18H16FN7. The van der Waals surface area contributed by atoms with Gasteiger partial charge in [0.2, 0.25) is 0 Å². The molecule has 0 bridgehead atoms. The van der Waals surface area contributed by atoms with Gasteiger partial charge in [0.1, 0.15) is 28.9 Å². The number of nitrogens with zero attached hydrogens (tertiary/aromatic N) is 4. The zero-order valence-corrected chi connectivity index (χ0v) is 14.0. The third-order valence-corrected chi connectivity index (χ3v) is 3.99. The van der Waals surface area contributed by atoms with Crippen molar-refractivity contribution in [3.8, 4) is 11.1 Å². The molecule has 0 radical (unpaired) electrons. The Labute approximate surface area is 148 Å². The summed E-state index contributed by atoms with van der Waals surface area (Å²) < 4.78 is 13.9. The van der Waals surface area contributed by atoms with Crippen LogP contribution in [0.25, 0.3) is 22.2 Å². The topological polar surface area (TPSA) is 105 Å². The smallest absolute Gasteiger partial charge is 0.146 e.